The summed E-state index contributed by atoms with van der Waals surface area (Å²) >= 11 is 0. The van der Waals surface area contributed by atoms with E-state index in [9.17, 15) is 0 Å². The second-order valence-electron chi connectivity index (χ2n) is 6.24. The van der Waals surface area contributed by atoms with E-state index in [4.69, 9.17) is 0 Å². The van der Waals surface area contributed by atoms with Crippen LogP contribution >= 0.6 is 0 Å². The van der Waals surface area contributed by atoms with Crippen molar-refractivity contribution >= 4 is 0 Å². The van der Waals surface area contributed by atoms with Gasteiger partial charge in [0.2, 0.25) is 0 Å². The fourth-order valence-electron chi connectivity index (χ4n) is 3.24. The Morgan fingerprint density at radius 1 is 1.32 bits per heavy atom. The van der Waals surface area contributed by atoms with Crippen LogP contribution in [0.3, 0.4) is 0 Å². The van der Waals surface area contributed by atoms with Crippen molar-refractivity contribution in [2.45, 2.75) is 45.7 Å². The molecule has 1 aromatic carbocycles. The Morgan fingerprint density at radius 2 is 2.05 bits per heavy atom. The summed E-state index contributed by atoms with van der Waals surface area (Å²) < 4.78 is 0. The van der Waals surface area contributed by atoms with E-state index >= 15 is 0 Å². The predicted octanol–water partition coefficient (Wildman–Crippen LogP) is 3.24. The number of hydrogen-bond acceptors (Lipinski definition) is 2. The van der Waals surface area contributed by atoms with Crippen molar-refractivity contribution in [2.24, 2.45) is 5.92 Å². The minimum atomic E-state index is 0.500. The molecule has 2 rings (SSSR count). The summed E-state index contributed by atoms with van der Waals surface area (Å²) in [5.74, 6) is 0.723. The van der Waals surface area contributed by atoms with Crippen molar-refractivity contribution in [3.05, 3.63) is 35.4 Å². The van der Waals surface area contributed by atoms with Crippen LogP contribution in [-0.4, -0.2) is 31.1 Å². The monoisotopic (exact) mass is 260 g/mol. The molecule has 2 unspecified atom stereocenters. The average Bonchev–Trinajstić information content (AvgIpc) is 2.74. The number of benzene rings is 1. The molecule has 0 saturated heterocycles. The van der Waals surface area contributed by atoms with Crippen LogP contribution in [0.1, 0.15) is 44.4 Å². The summed E-state index contributed by atoms with van der Waals surface area (Å²) in [7, 11) is 2.27. The predicted molar refractivity (Wildman–Crippen MR) is 82.4 cm³/mol. The largest absolute Gasteiger partial charge is 0.309 e. The van der Waals surface area contributed by atoms with E-state index in [1.807, 2.05) is 0 Å². The molecule has 0 saturated carbocycles. The van der Waals surface area contributed by atoms with Gasteiger partial charge in [-0.25, -0.2) is 0 Å². The summed E-state index contributed by atoms with van der Waals surface area (Å²) in [6.45, 7) is 9.11. The molecule has 0 bridgehead atoms. The second-order valence-corrected chi connectivity index (χ2v) is 6.24. The smallest absolute Gasteiger partial charge is 0.0484 e. The van der Waals surface area contributed by atoms with Gasteiger partial charge in [-0.2, -0.15) is 0 Å². The molecule has 0 radical (unpaired) electrons. The zero-order chi connectivity index (χ0) is 13.8. The quantitative estimate of drug-likeness (QED) is 0.844. The Bertz CT molecular complexity index is 400. The van der Waals surface area contributed by atoms with E-state index in [0.29, 0.717) is 12.1 Å². The lowest BCUT2D eigenvalue weighted by Crippen LogP contribution is -2.42. The first-order chi connectivity index (χ1) is 9.13. The van der Waals surface area contributed by atoms with Crippen molar-refractivity contribution < 1.29 is 0 Å². The highest BCUT2D eigenvalue weighted by Gasteiger charge is 2.34. The first kappa shape index (κ1) is 14.5. The molecule has 0 aliphatic heterocycles. The highest BCUT2D eigenvalue weighted by Crippen LogP contribution is 2.34. The highest BCUT2D eigenvalue weighted by molar-refractivity contribution is 5.37. The fourth-order valence-corrected chi connectivity index (χ4v) is 3.24. The maximum atomic E-state index is 3.75. The van der Waals surface area contributed by atoms with E-state index in [1.54, 1.807) is 0 Å². The van der Waals surface area contributed by atoms with Crippen LogP contribution in [0, 0.1) is 5.92 Å². The van der Waals surface area contributed by atoms with Gasteiger partial charge in [-0.3, -0.25) is 0 Å². The SMILES string of the molecule is CCCNC1c2ccccc2CC1N(C)CC(C)C. The molecule has 1 aromatic rings. The third-order valence-electron chi connectivity index (χ3n) is 4.04. The average molecular weight is 260 g/mol. The standard InChI is InChI=1S/C17H28N2/c1-5-10-18-17-15-9-7-6-8-14(15)11-16(17)19(4)12-13(2)3/h6-9,13,16-18H,5,10-12H2,1-4H3. The molecule has 19 heavy (non-hydrogen) atoms. The van der Waals surface area contributed by atoms with Crippen LogP contribution < -0.4 is 5.32 Å². The zero-order valence-electron chi connectivity index (χ0n) is 12.8. The van der Waals surface area contributed by atoms with E-state index < -0.39 is 0 Å². The molecule has 0 fully saturated rings. The lowest BCUT2D eigenvalue weighted by molar-refractivity contribution is 0.185. The van der Waals surface area contributed by atoms with Gasteiger partial charge in [0, 0.05) is 18.6 Å². The van der Waals surface area contributed by atoms with Gasteiger partial charge in [0.25, 0.3) is 0 Å². The molecular formula is C17H28N2. The van der Waals surface area contributed by atoms with Crippen molar-refractivity contribution in [2.75, 3.05) is 20.1 Å². The number of likely N-dealkylation sites (N-methyl/N-ethyl adjacent to an activating group) is 1. The minimum Gasteiger partial charge on any atom is -0.309 e. The zero-order valence-corrected chi connectivity index (χ0v) is 12.8. The molecule has 0 aromatic heterocycles. The summed E-state index contributed by atoms with van der Waals surface area (Å²) in [5.41, 5.74) is 3.04. The van der Waals surface area contributed by atoms with Crippen LogP contribution in [-0.2, 0) is 6.42 Å². The van der Waals surface area contributed by atoms with E-state index in [1.165, 1.54) is 30.5 Å². The number of hydrogen-bond donors (Lipinski definition) is 1. The van der Waals surface area contributed by atoms with Gasteiger partial charge in [-0.15, -0.1) is 0 Å². The van der Waals surface area contributed by atoms with Crippen LogP contribution in [0.4, 0.5) is 0 Å². The molecule has 1 N–H and O–H groups in total. The van der Waals surface area contributed by atoms with Gasteiger partial charge >= 0.3 is 0 Å². The Balaban J connectivity index is 2.15. The summed E-state index contributed by atoms with van der Waals surface area (Å²) in [4.78, 5) is 2.54. The molecule has 2 nitrogen and oxygen atoms in total. The highest BCUT2D eigenvalue weighted by atomic mass is 15.2. The Hall–Kier alpha value is -0.860. The summed E-state index contributed by atoms with van der Waals surface area (Å²) in [6.07, 6.45) is 2.38. The molecule has 1 aliphatic rings. The molecule has 0 heterocycles. The normalized spacial score (nSPS) is 22.2. The molecule has 2 atom stereocenters. The van der Waals surface area contributed by atoms with Crippen molar-refractivity contribution in [3.63, 3.8) is 0 Å². The third kappa shape index (κ3) is 3.37. The minimum absolute atomic E-state index is 0.500. The number of nitrogens with one attached hydrogen (secondary N) is 1. The van der Waals surface area contributed by atoms with Gasteiger partial charge in [0.1, 0.15) is 0 Å². The third-order valence-corrected chi connectivity index (χ3v) is 4.04. The van der Waals surface area contributed by atoms with Crippen molar-refractivity contribution in [3.8, 4) is 0 Å². The number of nitrogens with zero attached hydrogens (tertiary/aromatic N) is 1. The molecule has 0 amide bonds. The molecule has 106 valence electrons. The Morgan fingerprint density at radius 3 is 2.74 bits per heavy atom. The summed E-state index contributed by atoms with van der Waals surface area (Å²) in [6, 6.07) is 10.0. The maximum Gasteiger partial charge on any atom is 0.0484 e. The van der Waals surface area contributed by atoms with Crippen molar-refractivity contribution in [1.29, 1.82) is 0 Å². The maximum absolute atomic E-state index is 3.75. The van der Waals surface area contributed by atoms with E-state index in [-0.39, 0.29) is 0 Å². The lowest BCUT2D eigenvalue weighted by Gasteiger charge is -2.31. The van der Waals surface area contributed by atoms with Crippen LogP contribution in [0.25, 0.3) is 0 Å². The number of fused-ring (bicyclic) bond motifs is 1. The van der Waals surface area contributed by atoms with Crippen molar-refractivity contribution in [1.82, 2.24) is 10.2 Å². The fraction of sp³-hybridized carbons (Fsp3) is 0.647. The van der Waals surface area contributed by atoms with Gasteiger partial charge in [-0.05, 0) is 43.5 Å². The van der Waals surface area contributed by atoms with Crippen LogP contribution in [0.2, 0.25) is 0 Å². The van der Waals surface area contributed by atoms with Crippen LogP contribution in [0.15, 0.2) is 24.3 Å². The van der Waals surface area contributed by atoms with Gasteiger partial charge in [0.15, 0.2) is 0 Å². The van der Waals surface area contributed by atoms with Gasteiger partial charge in [-0.1, -0.05) is 45.0 Å². The number of rotatable bonds is 6. The molecule has 0 spiro atoms. The Kier molecular flexibility index (Phi) is 5.00. The molecular weight excluding hydrogens is 232 g/mol. The lowest BCUT2D eigenvalue weighted by atomic mass is 10.0. The van der Waals surface area contributed by atoms with Crippen LogP contribution in [0.5, 0.6) is 0 Å². The Labute approximate surface area is 118 Å². The topological polar surface area (TPSA) is 15.3 Å². The van der Waals surface area contributed by atoms with Gasteiger partial charge in [0.05, 0.1) is 0 Å². The molecule has 2 heteroatoms. The first-order valence-electron chi connectivity index (χ1n) is 7.65. The van der Waals surface area contributed by atoms with E-state index in [2.05, 4.69) is 62.3 Å². The first-order valence-corrected chi connectivity index (χ1v) is 7.65. The second kappa shape index (κ2) is 6.53. The molecule has 1 aliphatic carbocycles. The van der Waals surface area contributed by atoms with Gasteiger partial charge < -0.3 is 10.2 Å². The summed E-state index contributed by atoms with van der Waals surface area (Å²) in [5, 5.41) is 3.75. The van der Waals surface area contributed by atoms with E-state index in [0.717, 1.165) is 12.5 Å².